The van der Waals surface area contributed by atoms with E-state index in [1.165, 1.54) is 51.4 Å². The van der Waals surface area contributed by atoms with Gasteiger partial charge >= 0.3 is 5.97 Å². The molecule has 0 aliphatic carbocycles. The molecule has 0 aromatic heterocycles. The maximum absolute atomic E-state index is 11.5. The summed E-state index contributed by atoms with van der Waals surface area (Å²) in [5.41, 5.74) is 1.12. The van der Waals surface area contributed by atoms with Crippen LogP contribution < -0.4 is 0 Å². The van der Waals surface area contributed by atoms with Crippen LogP contribution in [0.5, 0.6) is 0 Å². The molecule has 1 rings (SSSR count). The van der Waals surface area contributed by atoms with Crippen molar-refractivity contribution in [3.8, 4) is 0 Å². The molecule has 25 heavy (non-hydrogen) atoms. The quantitative estimate of drug-likeness (QED) is 0.364. The summed E-state index contributed by atoms with van der Waals surface area (Å²) >= 11 is 1.81. The molecule has 1 aromatic carbocycles. The van der Waals surface area contributed by atoms with E-state index >= 15 is 0 Å². The van der Waals surface area contributed by atoms with Crippen molar-refractivity contribution in [2.24, 2.45) is 11.8 Å². The lowest BCUT2D eigenvalue weighted by Crippen LogP contribution is -2.19. The van der Waals surface area contributed by atoms with Crippen molar-refractivity contribution in [1.29, 1.82) is 0 Å². The number of aliphatic carboxylic acids is 1. The molecule has 142 valence electrons. The van der Waals surface area contributed by atoms with Gasteiger partial charge in [0, 0.05) is 5.75 Å². The maximum atomic E-state index is 11.5. The Morgan fingerprint density at radius 2 is 1.76 bits per heavy atom. The van der Waals surface area contributed by atoms with Crippen LogP contribution in [0, 0.1) is 11.8 Å². The number of carboxylic acid groups (broad SMARTS) is 1. The van der Waals surface area contributed by atoms with Gasteiger partial charge in [-0.05, 0) is 30.1 Å². The molecule has 0 amide bonds. The second-order valence-corrected chi connectivity index (χ2v) is 8.22. The number of carboxylic acids is 1. The summed E-state index contributed by atoms with van der Waals surface area (Å²) in [6.45, 7) is 4.58. The van der Waals surface area contributed by atoms with E-state index in [0.717, 1.165) is 23.0 Å². The molecule has 2 atom stereocenters. The van der Waals surface area contributed by atoms with Crippen molar-refractivity contribution in [1.82, 2.24) is 0 Å². The molecule has 0 spiro atoms. The highest BCUT2D eigenvalue weighted by Gasteiger charge is 2.17. The highest BCUT2D eigenvalue weighted by atomic mass is 32.2. The molecule has 0 aliphatic rings. The summed E-state index contributed by atoms with van der Waals surface area (Å²) < 4.78 is 0. The molecule has 0 radical (unpaired) electrons. The minimum absolute atomic E-state index is 0.272. The van der Waals surface area contributed by atoms with Crippen LogP contribution in [0.15, 0.2) is 30.3 Å². The van der Waals surface area contributed by atoms with Gasteiger partial charge in [0.1, 0.15) is 0 Å². The van der Waals surface area contributed by atoms with E-state index in [2.05, 4.69) is 13.8 Å². The molecule has 0 fully saturated rings. The molecule has 1 N–H and O–H groups in total. The summed E-state index contributed by atoms with van der Waals surface area (Å²) in [6.07, 6.45) is 11.2. The van der Waals surface area contributed by atoms with Crippen LogP contribution in [0.2, 0.25) is 0 Å². The highest BCUT2D eigenvalue weighted by Crippen LogP contribution is 2.21. The molecule has 1 aromatic rings. The van der Waals surface area contributed by atoms with E-state index in [9.17, 15) is 9.90 Å². The second-order valence-electron chi connectivity index (χ2n) is 7.07. The third-order valence-corrected chi connectivity index (χ3v) is 6.15. The standard InChI is InChI=1S/C22H36O2S/c1-3-5-12-19(4-2)13-10-7-11-16-25-18-21(22(23)24)17-20-14-8-6-9-15-20/h6,8-9,14-15,19,21H,3-5,7,10-13,16-18H2,1-2H3,(H,23,24). The van der Waals surface area contributed by atoms with Gasteiger partial charge in [0.15, 0.2) is 0 Å². The van der Waals surface area contributed by atoms with Crippen molar-refractivity contribution in [3.05, 3.63) is 35.9 Å². The van der Waals surface area contributed by atoms with Crippen molar-refractivity contribution >= 4 is 17.7 Å². The Morgan fingerprint density at radius 3 is 2.40 bits per heavy atom. The predicted molar refractivity (Wildman–Crippen MR) is 110 cm³/mol. The Hall–Kier alpha value is -0.960. The molecule has 0 saturated carbocycles. The average molecular weight is 365 g/mol. The topological polar surface area (TPSA) is 37.3 Å². The van der Waals surface area contributed by atoms with Crippen LogP contribution in [0.1, 0.15) is 70.8 Å². The number of thioether (sulfide) groups is 1. The molecule has 3 heteroatoms. The number of benzene rings is 1. The smallest absolute Gasteiger partial charge is 0.307 e. The lowest BCUT2D eigenvalue weighted by Gasteiger charge is -2.14. The van der Waals surface area contributed by atoms with E-state index in [1.807, 2.05) is 30.3 Å². The van der Waals surface area contributed by atoms with Gasteiger partial charge in [-0.2, -0.15) is 11.8 Å². The molecule has 0 saturated heterocycles. The van der Waals surface area contributed by atoms with Crippen molar-refractivity contribution in [2.45, 2.75) is 71.6 Å². The fourth-order valence-electron chi connectivity index (χ4n) is 3.20. The van der Waals surface area contributed by atoms with E-state index in [0.29, 0.717) is 6.42 Å². The van der Waals surface area contributed by atoms with Gasteiger partial charge in [-0.3, -0.25) is 4.79 Å². The van der Waals surface area contributed by atoms with E-state index < -0.39 is 5.97 Å². The summed E-state index contributed by atoms with van der Waals surface area (Å²) in [7, 11) is 0. The summed E-state index contributed by atoms with van der Waals surface area (Å²) in [6, 6.07) is 9.96. The first-order valence-electron chi connectivity index (χ1n) is 10.0. The number of hydrogen-bond donors (Lipinski definition) is 1. The zero-order valence-corrected chi connectivity index (χ0v) is 16.9. The molecule has 0 bridgehead atoms. The zero-order valence-electron chi connectivity index (χ0n) is 16.1. The van der Waals surface area contributed by atoms with Crippen LogP contribution in [-0.4, -0.2) is 22.6 Å². The summed E-state index contributed by atoms with van der Waals surface area (Å²) in [5, 5.41) is 9.42. The van der Waals surface area contributed by atoms with E-state index in [-0.39, 0.29) is 5.92 Å². The van der Waals surface area contributed by atoms with Crippen LogP contribution in [0.3, 0.4) is 0 Å². The summed E-state index contributed by atoms with van der Waals surface area (Å²) in [5.74, 6) is 1.78. The van der Waals surface area contributed by atoms with Gasteiger partial charge in [-0.1, -0.05) is 89.1 Å². The Morgan fingerprint density at radius 1 is 1.04 bits per heavy atom. The number of hydrogen-bond acceptors (Lipinski definition) is 2. The minimum atomic E-state index is -0.668. The predicted octanol–water partition coefficient (Wildman–Crippen LogP) is 6.44. The third kappa shape index (κ3) is 10.6. The van der Waals surface area contributed by atoms with Crippen molar-refractivity contribution < 1.29 is 9.90 Å². The number of carbonyl (C=O) groups is 1. The minimum Gasteiger partial charge on any atom is -0.481 e. The normalized spacial score (nSPS) is 13.5. The first-order chi connectivity index (χ1) is 12.2. The second kappa shape index (κ2) is 14.2. The zero-order chi connectivity index (χ0) is 18.3. The number of unbranched alkanes of at least 4 members (excludes halogenated alkanes) is 3. The monoisotopic (exact) mass is 364 g/mol. The lowest BCUT2D eigenvalue weighted by atomic mass is 9.93. The van der Waals surface area contributed by atoms with Crippen molar-refractivity contribution in [3.63, 3.8) is 0 Å². The van der Waals surface area contributed by atoms with Crippen LogP contribution in [-0.2, 0) is 11.2 Å². The van der Waals surface area contributed by atoms with Gasteiger partial charge in [0.05, 0.1) is 5.92 Å². The molecule has 2 nitrogen and oxygen atoms in total. The van der Waals surface area contributed by atoms with Crippen LogP contribution in [0.25, 0.3) is 0 Å². The maximum Gasteiger partial charge on any atom is 0.307 e. The van der Waals surface area contributed by atoms with Gasteiger partial charge in [0.25, 0.3) is 0 Å². The first kappa shape index (κ1) is 22.1. The average Bonchev–Trinajstić information content (AvgIpc) is 2.63. The third-order valence-electron chi connectivity index (χ3n) is 4.94. The fourth-order valence-corrected chi connectivity index (χ4v) is 4.32. The summed E-state index contributed by atoms with van der Waals surface area (Å²) in [4.78, 5) is 11.5. The van der Waals surface area contributed by atoms with Gasteiger partial charge < -0.3 is 5.11 Å². The number of rotatable bonds is 15. The largest absolute Gasteiger partial charge is 0.481 e. The Labute approximate surface area is 158 Å². The SMILES string of the molecule is CCCCC(CC)CCCCCSCC(Cc1ccccc1)C(=O)O. The lowest BCUT2D eigenvalue weighted by molar-refractivity contribution is -0.140. The van der Waals surface area contributed by atoms with Gasteiger partial charge in [0.2, 0.25) is 0 Å². The highest BCUT2D eigenvalue weighted by molar-refractivity contribution is 7.99. The van der Waals surface area contributed by atoms with Gasteiger partial charge in [-0.15, -0.1) is 0 Å². The van der Waals surface area contributed by atoms with E-state index in [1.54, 1.807) is 11.8 Å². The van der Waals surface area contributed by atoms with Crippen LogP contribution in [0.4, 0.5) is 0 Å². The molecule has 0 heterocycles. The van der Waals surface area contributed by atoms with E-state index in [4.69, 9.17) is 0 Å². The Kier molecular flexibility index (Phi) is 12.6. The van der Waals surface area contributed by atoms with Crippen molar-refractivity contribution in [2.75, 3.05) is 11.5 Å². The molecule has 0 aliphatic heterocycles. The molecule has 2 unspecified atom stereocenters. The Bertz CT molecular complexity index is 447. The molecular weight excluding hydrogens is 328 g/mol. The first-order valence-corrected chi connectivity index (χ1v) is 11.2. The Balaban J connectivity index is 2.13. The van der Waals surface area contributed by atoms with Gasteiger partial charge in [-0.25, -0.2) is 0 Å². The molecular formula is C22H36O2S. The fraction of sp³-hybridized carbons (Fsp3) is 0.682. The van der Waals surface area contributed by atoms with Crippen LogP contribution >= 0.6 is 11.8 Å².